The Kier molecular flexibility index (Phi) is 5.31. The van der Waals surface area contributed by atoms with E-state index in [1.54, 1.807) is 30.3 Å². The molecule has 0 aliphatic carbocycles. The van der Waals surface area contributed by atoms with Crippen molar-refractivity contribution < 1.29 is 14.1 Å². The van der Waals surface area contributed by atoms with Crippen molar-refractivity contribution in [3.05, 3.63) is 102 Å². The summed E-state index contributed by atoms with van der Waals surface area (Å²) in [6.07, 6.45) is 1.52. The summed E-state index contributed by atoms with van der Waals surface area (Å²) < 4.78 is 7.11. The van der Waals surface area contributed by atoms with Gasteiger partial charge in [0.15, 0.2) is 0 Å². The van der Waals surface area contributed by atoms with E-state index in [1.165, 1.54) is 29.0 Å². The molecule has 4 aromatic rings. The Hall–Kier alpha value is -4.66. The molecule has 0 aliphatic rings. The Morgan fingerprint density at radius 1 is 1.15 bits per heavy atom. The minimum atomic E-state index is -0.565. The number of nitro groups is 1. The SMILES string of the molecule is C=c1[nH]n(-c2ccc(C(N)=O)cc2)c(=O)c1=Cc1ccc(-c2cc(C)c(C)cc2[N+](=O)[O-])o1. The van der Waals surface area contributed by atoms with Gasteiger partial charge in [0.2, 0.25) is 5.91 Å². The molecule has 0 atom stereocenters. The van der Waals surface area contributed by atoms with Crippen molar-refractivity contribution in [3.8, 4) is 17.0 Å². The highest BCUT2D eigenvalue weighted by Gasteiger charge is 2.19. The molecule has 0 saturated carbocycles. The van der Waals surface area contributed by atoms with E-state index in [0.717, 1.165) is 11.1 Å². The third-order valence-corrected chi connectivity index (χ3v) is 5.40. The predicted molar refractivity (Wildman–Crippen MR) is 124 cm³/mol. The van der Waals surface area contributed by atoms with Crippen molar-refractivity contribution in [2.75, 3.05) is 0 Å². The molecule has 9 heteroatoms. The van der Waals surface area contributed by atoms with E-state index in [0.29, 0.717) is 33.7 Å². The number of primary amides is 1. The van der Waals surface area contributed by atoms with E-state index in [4.69, 9.17) is 10.2 Å². The topological polar surface area (TPSA) is 137 Å². The Balaban J connectivity index is 1.77. The van der Waals surface area contributed by atoms with Crippen LogP contribution in [0.15, 0.2) is 57.7 Å². The first-order valence-electron chi connectivity index (χ1n) is 9.93. The smallest absolute Gasteiger partial charge is 0.280 e. The van der Waals surface area contributed by atoms with Crippen LogP contribution in [0.1, 0.15) is 27.2 Å². The van der Waals surface area contributed by atoms with Crippen LogP contribution in [-0.4, -0.2) is 20.6 Å². The number of carbonyl (C=O) groups is 1. The third kappa shape index (κ3) is 3.99. The van der Waals surface area contributed by atoms with Gasteiger partial charge in [-0.25, -0.2) is 4.68 Å². The lowest BCUT2D eigenvalue weighted by molar-refractivity contribution is -0.384. The van der Waals surface area contributed by atoms with E-state index < -0.39 is 10.8 Å². The number of furan rings is 1. The molecule has 0 fully saturated rings. The summed E-state index contributed by atoms with van der Waals surface area (Å²) in [5.41, 5.74) is 7.71. The second-order valence-electron chi connectivity index (χ2n) is 7.61. The number of amides is 1. The molecule has 0 aliphatic heterocycles. The highest BCUT2D eigenvalue weighted by atomic mass is 16.6. The van der Waals surface area contributed by atoms with Crippen LogP contribution in [0.3, 0.4) is 0 Å². The van der Waals surface area contributed by atoms with Gasteiger partial charge in [-0.05, 0) is 73.5 Å². The van der Waals surface area contributed by atoms with Crippen LogP contribution in [0.4, 0.5) is 5.69 Å². The van der Waals surface area contributed by atoms with Crippen molar-refractivity contribution in [1.82, 2.24) is 9.78 Å². The van der Waals surface area contributed by atoms with Crippen LogP contribution in [0, 0.1) is 24.0 Å². The summed E-state index contributed by atoms with van der Waals surface area (Å²) in [7, 11) is 0. The van der Waals surface area contributed by atoms with Crippen LogP contribution in [0.5, 0.6) is 0 Å². The Morgan fingerprint density at radius 2 is 1.82 bits per heavy atom. The van der Waals surface area contributed by atoms with Gasteiger partial charge >= 0.3 is 0 Å². The molecule has 2 aromatic carbocycles. The van der Waals surface area contributed by atoms with E-state index >= 15 is 0 Å². The summed E-state index contributed by atoms with van der Waals surface area (Å²) in [5.74, 6) is 0.0965. The molecule has 0 radical (unpaired) electrons. The predicted octanol–water partition coefficient (Wildman–Crippen LogP) is 2.29. The number of hydrogen-bond donors (Lipinski definition) is 2. The normalized spacial score (nSPS) is 11.6. The van der Waals surface area contributed by atoms with E-state index in [-0.39, 0.29) is 16.5 Å². The number of aromatic nitrogens is 2. The van der Waals surface area contributed by atoms with Crippen LogP contribution in [0.25, 0.3) is 29.7 Å². The second kappa shape index (κ2) is 8.12. The first kappa shape index (κ1) is 21.6. The summed E-state index contributed by atoms with van der Waals surface area (Å²) in [6.45, 7) is 7.55. The minimum Gasteiger partial charge on any atom is -0.456 e. The summed E-state index contributed by atoms with van der Waals surface area (Å²) in [5, 5.41) is 15.0. The monoisotopic (exact) mass is 444 g/mol. The quantitative estimate of drug-likeness (QED) is 0.359. The Morgan fingerprint density at radius 3 is 2.45 bits per heavy atom. The number of aryl methyl sites for hydroxylation is 2. The van der Waals surface area contributed by atoms with Gasteiger partial charge in [-0.3, -0.25) is 24.8 Å². The molecule has 1 amide bonds. The molecular weight excluding hydrogens is 424 g/mol. The minimum absolute atomic E-state index is 0.0553. The highest BCUT2D eigenvalue weighted by molar-refractivity contribution is 5.92. The number of aromatic amines is 1. The van der Waals surface area contributed by atoms with Crippen molar-refractivity contribution >= 4 is 24.2 Å². The van der Waals surface area contributed by atoms with Gasteiger partial charge in [-0.15, -0.1) is 0 Å². The largest absolute Gasteiger partial charge is 0.456 e. The Labute approximate surface area is 187 Å². The molecule has 0 saturated heterocycles. The average Bonchev–Trinajstić information content (AvgIpc) is 3.35. The van der Waals surface area contributed by atoms with E-state index in [9.17, 15) is 19.7 Å². The Bertz CT molecular complexity index is 1570. The van der Waals surface area contributed by atoms with Gasteiger partial charge < -0.3 is 10.2 Å². The lowest BCUT2D eigenvalue weighted by atomic mass is 10.0. The number of nitrogens with two attached hydrogens (primary N) is 1. The molecule has 0 bridgehead atoms. The van der Waals surface area contributed by atoms with Gasteiger partial charge in [-0.1, -0.05) is 6.58 Å². The maximum absolute atomic E-state index is 13.0. The molecule has 9 nitrogen and oxygen atoms in total. The standard InChI is InChI=1S/C24H20N4O5/c1-13-10-20(21(28(31)32)11-14(13)2)22-9-8-18(33-22)12-19-15(3)26-27(24(19)30)17-6-4-16(5-7-17)23(25)29/h4-12,26H,3H2,1-2H3,(H2,25,29). The zero-order chi connectivity index (χ0) is 23.9. The maximum Gasteiger partial charge on any atom is 0.280 e. The third-order valence-electron chi connectivity index (χ3n) is 5.40. The van der Waals surface area contributed by atoms with Crippen molar-refractivity contribution in [2.24, 2.45) is 5.73 Å². The number of rotatable bonds is 5. The number of carbonyl (C=O) groups excluding carboxylic acids is 1. The van der Waals surface area contributed by atoms with Gasteiger partial charge in [0, 0.05) is 11.6 Å². The van der Waals surface area contributed by atoms with Gasteiger partial charge in [0.25, 0.3) is 11.2 Å². The van der Waals surface area contributed by atoms with Crippen LogP contribution >= 0.6 is 0 Å². The lowest BCUT2D eigenvalue weighted by Crippen LogP contribution is -2.33. The zero-order valence-corrected chi connectivity index (χ0v) is 17.9. The number of benzene rings is 2. The highest BCUT2D eigenvalue weighted by Crippen LogP contribution is 2.33. The second-order valence-corrected chi connectivity index (χ2v) is 7.61. The molecule has 2 heterocycles. The van der Waals surface area contributed by atoms with Gasteiger partial charge in [0.1, 0.15) is 11.5 Å². The molecule has 0 spiro atoms. The molecule has 2 aromatic heterocycles. The molecule has 0 unspecified atom stereocenters. The van der Waals surface area contributed by atoms with Crippen molar-refractivity contribution in [3.63, 3.8) is 0 Å². The summed E-state index contributed by atoms with van der Waals surface area (Å²) in [6, 6.07) is 12.7. The van der Waals surface area contributed by atoms with Crippen LogP contribution < -0.4 is 21.9 Å². The fraction of sp³-hybridized carbons (Fsp3) is 0.0833. The number of nitrogens with one attached hydrogen (secondary N) is 1. The average molecular weight is 444 g/mol. The molecule has 4 rings (SSSR count). The number of nitrogens with zero attached hydrogens (tertiary/aromatic N) is 2. The van der Waals surface area contributed by atoms with Gasteiger partial charge in [-0.2, -0.15) is 0 Å². The molecule has 166 valence electrons. The van der Waals surface area contributed by atoms with E-state index in [1.807, 2.05) is 13.8 Å². The fourth-order valence-corrected chi connectivity index (χ4v) is 3.47. The zero-order valence-electron chi connectivity index (χ0n) is 17.9. The summed E-state index contributed by atoms with van der Waals surface area (Å²) in [4.78, 5) is 35.3. The first-order valence-corrected chi connectivity index (χ1v) is 9.93. The van der Waals surface area contributed by atoms with E-state index in [2.05, 4.69) is 11.7 Å². The molecular formula is C24H20N4O5. The number of nitro benzene ring substituents is 1. The van der Waals surface area contributed by atoms with Crippen molar-refractivity contribution in [1.29, 1.82) is 0 Å². The van der Waals surface area contributed by atoms with Gasteiger partial charge in [0.05, 0.1) is 26.7 Å². The van der Waals surface area contributed by atoms with Crippen LogP contribution in [0.2, 0.25) is 0 Å². The maximum atomic E-state index is 13.0. The number of H-pyrrole nitrogens is 1. The van der Waals surface area contributed by atoms with Crippen molar-refractivity contribution in [2.45, 2.75) is 13.8 Å². The molecule has 3 N–H and O–H groups in total. The number of hydrogen-bond acceptors (Lipinski definition) is 5. The molecule has 33 heavy (non-hydrogen) atoms. The summed E-state index contributed by atoms with van der Waals surface area (Å²) >= 11 is 0. The fourth-order valence-electron chi connectivity index (χ4n) is 3.47. The lowest BCUT2D eigenvalue weighted by Gasteiger charge is -2.04. The first-order chi connectivity index (χ1) is 15.7. The van der Waals surface area contributed by atoms with Crippen LogP contribution in [-0.2, 0) is 0 Å².